The van der Waals surface area contributed by atoms with Crippen molar-refractivity contribution in [3.8, 4) is 11.5 Å². The Balaban J connectivity index is 2.41. The lowest BCUT2D eigenvalue weighted by Gasteiger charge is -2.19. The quantitative estimate of drug-likeness (QED) is 0.846. The van der Waals surface area contributed by atoms with Gasteiger partial charge in [-0.05, 0) is 30.8 Å². The topological polar surface area (TPSA) is 43.6 Å². The summed E-state index contributed by atoms with van der Waals surface area (Å²) in [7, 11) is 3.32. The summed E-state index contributed by atoms with van der Waals surface area (Å²) < 4.78 is 16.7. The van der Waals surface area contributed by atoms with Crippen LogP contribution in [0.15, 0.2) is 34.7 Å². The fraction of sp³-hybridized carbons (Fsp3) is 0.412. The van der Waals surface area contributed by atoms with Gasteiger partial charge in [0.1, 0.15) is 23.0 Å². The number of aryl methyl sites for hydroxylation is 1. The Morgan fingerprint density at radius 1 is 1.10 bits per heavy atom. The molecular formula is C17H23NO3. The third-order valence-electron chi connectivity index (χ3n) is 3.48. The lowest BCUT2D eigenvalue weighted by molar-refractivity contribution is 0.378. The zero-order valence-electron chi connectivity index (χ0n) is 13.1. The van der Waals surface area contributed by atoms with E-state index < -0.39 is 0 Å². The minimum atomic E-state index is -0.0313. The van der Waals surface area contributed by atoms with Crippen molar-refractivity contribution in [1.29, 1.82) is 0 Å². The second-order valence-corrected chi connectivity index (χ2v) is 4.76. The summed E-state index contributed by atoms with van der Waals surface area (Å²) in [6.45, 7) is 4.99. The van der Waals surface area contributed by atoms with Crippen LogP contribution in [-0.2, 0) is 6.42 Å². The van der Waals surface area contributed by atoms with Crippen molar-refractivity contribution >= 4 is 0 Å². The predicted molar refractivity (Wildman–Crippen MR) is 83.2 cm³/mol. The monoisotopic (exact) mass is 289 g/mol. The van der Waals surface area contributed by atoms with Crippen molar-refractivity contribution in [3.63, 3.8) is 0 Å². The van der Waals surface area contributed by atoms with Crippen molar-refractivity contribution in [2.75, 3.05) is 20.8 Å². The molecule has 0 aliphatic carbocycles. The molecule has 1 atom stereocenters. The molecule has 0 saturated heterocycles. The van der Waals surface area contributed by atoms with Crippen molar-refractivity contribution in [3.05, 3.63) is 47.4 Å². The van der Waals surface area contributed by atoms with Gasteiger partial charge in [-0.15, -0.1) is 0 Å². The Labute approximate surface area is 126 Å². The maximum atomic E-state index is 5.91. The highest BCUT2D eigenvalue weighted by atomic mass is 16.5. The van der Waals surface area contributed by atoms with Gasteiger partial charge >= 0.3 is 0 Å². The third-order valence-corrected chi connectivity index (χ3v) is 3.48. The molecule has 0 spiro atoms. The molecule has 0 fully saturated rings. The fourth-order valence-corrected chi connectivity index (χ4v) is 2.36. The van der Waals surface area contributed by atoms with Crippen LogP contribution in [0.1, 0.15) is 37.0 Å². The maximum absolute atomic E-state index is 5.91. The van der Waals surface area contributed by atoms with Crippen LogP contribution < -0.4 is 14.8 Å². The first kappa shape index (κ1) is 15.4. The molecule has 1 unspecified atom stereocenters. The normalized spacial score (nSPS) is 12.2. The highest BCUT2D eigenvalue weighted by Crippen LogP contribution is 2.33. The van der Waals surface area contributed by atoms with Gasteiger partial charge in [0, 0.05) is 18.1 Å². The SMILES string of the molecule is CCNC(c1ccc(CC)o1)c1ccc(OC)cc1OC. The number of hydrogen-bond acceptors (Lipinski definition) is 4. The fourth-order valence-electron chi connectivity index (χ4n) is 2.36. The zero-order valence-corrected chi connectivity index (χ0v) is 13.1. The van der Waals surface area contributed by atoms with Gasteiger partial charge in [0.15, 0.2) is 0 Å². The molecule has 0 saturated carbocycles. The number of nitrogens with one attached hydrogen (secondary N) is 1. The number of furan rings is 1. The van der Waals surface area contributed by atoms with E-state index >= 15 is 0 Å². The number of benzene rings is 1. The molecule has 21 heavy (non-hydrogen) atoms. The van der Waals surface area contributed by atoms with E-state index in [1.165, 1.54) is 0 Å². The largest absolute Gasteiger partial charge is 0.497 e. The van der Waals surface area contributed by atoms with Gasteiger partial charge in [-0.25, -0.2) is 0 Å². The molecule has 2 aromatic rings. The van der Waals surface area contributed by atoms with Crippen LogP contribution in [-0.4, -0.2) is 20.8 Å². The van der Waals surface area contributed by atoms with Crippen molar-refractivity contribution < 1.29 is 13.9 Å². The highest BCUT2D eigenvalue weighted by Gasteiger charge is 2.21. The standard InChI is InChI=1S/C17H23NO3/c1-5-12-8-10-15(21-12)17(18-6-2)14-9-7-13(19-3)11-16(14)20-4/h7-11,17-18H,5-6H2,1-4H3. The second kappa shape index (κ2) is 7.18. The highest BCUT2D eigenvalue weighted by molar-refractivity contribution is 5.45. The van der Waals surface area contributed by atoms with Crippen molar-refractivity contribution in [1.82, 2.24) is 5.32 Å². The van der Waals surface area contributed by atoms with Gasteiger partial charge in [0.2, 0.25) is 0 Å². The first-order valence-electron chi connectivity index (χ1n) is 7.27. The molecule has 0 aliphatic rings. The summed E-state index contributed by atoms with van der Waals surface area (Å²) in [5.41, 5.74) is 1.04. The van der Waals surface area contributed by atoms with E-state index in [4.69, 9.17) is 13.9 Å². The van der Waals surface area contributed by atoms with Crippen LogP contribution >= 0.6 is 0 Å². The summed E-state index contributed by atoms with van der Waals surface area (Å²) in [6, 6.07) is 9.86. The minimum Gasteiger partial charge on any atom is -0.497 e. The summed E-state index contributed by atoms with van der Waals surface area (Å²) in [6.07, 6.45) is 0.887. The van der Waals surface area contributed by atoms with Gasteiger partial charge in [0.25, 0.3) is 0 Å². The number of rotatable bonds is 7. The molecule has 0 aliphatic heterocycles. The predicted octanol–water partition coefficient (Wildman–Crippen LogP) is 3.56. The molecule has 0 amide bonds. The Bertz CT molecular complexity index is 577. The average molecular weight is 289 g/mol. The number of hydrogen-bond donors (Lipinski definition) is 1. The van der Waals surface area contributed by atoms with E-state index in [-0.39, 0.29) is 6.04 Å². The molecule has 2 rings (SSSR count). The lowest BCUT2D eigenvalue weighted by atomic mass is 10.0. The van der Waals surface area contributed by atoms with Gasteiger partial charge in [-0.1, -0.05) is 13.8 Å². The van der Waals surface area contributed by atoms with E-state index in [2.05, 4.69) is 19.2 Å². The molecule has 1 N–H and O–H groups in total. The van der Waals surface area contributed by atoms with Crippen molar-refractivity contribution in [2.45, 2.75) is 26.3 Å². The van der Waals surface area contributed by atoms with Crippen LogP contribution in [0, 0.1) is 0 Å². The van der Waals surface area contributed by atoms with Gasteiger partial charge in [-0.3, -0.25) is 0 Å². The Morgan fingerprint density at radius 3 is 2.48 bits per heavy atom. The van der Waals surface area contributed by atoms with Crippen molar-refractivity contribution in [2.24, 2.45) is 0 Å². The van der Waals surface area contributed by atoms with Crippen LogP contribution in [0.4, 0.5) is 0 Å². The number of methoxy groups -OCH3 is 2. The Hall–Kier alpha value is -1.94. The summed E-state index contributed by atoms with van der Waals surface area (Å²) in [4.78, 5) is 0. The van der Waals surface area contributed by atoms with Crippen LogP contribution in [0.2, 0.25) is 0 Å². The van der Waals surface area contributed by atoms with E-state index in [9.17, 15) is 0 Å². The van der Waals surface area contributed by atoms with E-state index in [1.54, 1.807) is 14.2 Å². The molecular weight excluding hydrogens is 266 g/mol. The zero-order chi connectivity index (χ0) is 15.2. The summed E-state index contributed by atoms with van der Waals surface area (Å²) in [5.74, 6) is 3.45. The van der Waals surface area contributed by atoms with E-state index in [0.29, 0.717) is 0 Å². The summed E-state index contributed by atoms with van der Waals surface area (Å²) >= 11 is 0. The van der Waals surface area contributed by atoms with Gasteiger partial charge in [-0.2, -0.15) is 0 Å². The second-order valence-electron chi connectivity index (χ2n) is 4.76. The van der Waals surface area contributed by atoms with Crippen LogP contribution in [0.5, 0.6) is 11.5 Å². The Kier molecular flexibility index (Phi) is 5.28. The van der Waals surface area contributed by atoms with Gasteiger partial charge < -0.3 is 19.2 Å². The minimum absolute atomic E-state index is 0.0313. The first-order chi connectivity index (χ1) is 10.2. The third kappa shape index (κ3) is 3.39. The van der Waals surface area contributed by atoms with E-state index in [0.717, 1.165) is 41.5 Å². The molecule has 4 heteroatoms. The molecule has 0 radical (unpaired) electrons. The maximum Gasteiger partial charge on any atom is 0.127 e. The lowest BCUT2D eigenvalue weighted by Crippen LogP contribution is -2.22. The van der Waals surface area contributed by atoms with Crippen LogP contribution in [0.3, 0.4) is 0 Å². The summed E-state index contributed by atoms with van der Waals surface area (Å²) in [5, 5.41) is 3.45. The molecule has 1 aromatic carbocycles. The molecule has 114 valence electrons. The Morgan fingerprint density at radius 2 is 1.90 bits per heavy atom. The smallest absolute Gasteiger partial charge is 0.127 e. The van der Waals surface area contributed by atoms with Gasteiger partial charge in [0.05, 0.1) is 20.3 Å². The average Bonchev–Trinajstić information content (AvgIpc) is 3.00. The molecule has 1 aromatic heterocycles. The molecule has 4 nitrogen and oxygen atoms in total. The first-order valence-corrected chi connectivity index (χ1v) is 7.27. The molecule has 1 heterocycles. The van der Waals surface area contributed by atoms with E-state index in [1.807, 2.05) is 30.3 Å². The van der Waals surface area contributed by atoms with Crippen LogP contribution in [0.25, 0.3) is 0 Å². The number of ether oxygens (including phenoxy) is 2. The molecule has 0 bridgehead atoms.